The molecule has 242 valence electrons. The van der Waals surface area contributed by atoms with Crippen LogP contribution < -0.4 is 16.0 Å². The van der Waals surface area contributed by atoms with Gasteiger partial charge in [-0.25, -0.2) is 4.99 Å². The van der Waals surface area contributed by atoms with E-state index in [1.807, 2.05) is 87.5 Å². The van der Waals surface area contributed by atoms with Crippen LogP contribution in [0.1, 0.15) is 62.3 Å². The van der Waals surface area contributed by atoms with E-state index in [4.69, 9.17) is 10.7 Å². The summed E-state index contributed by atoms with van der Waals surface area (Å²) >= 11 is 0. The Bertz CT molecular complexity index is 1750. The number of para-hydroxylation sites is 1. The first-order valence-corrected chi connectivity index (χ1v) is 16.5. The largest absolute Gasteiger partial charge is 0.369 e. The lowest BCUT2D eigenvalue weighted by Gasteiger charge is -2.29. The van der Waals surface area contributed by atoms with Crippen molar-refractivity contribution >= 4 is 29.1 Å². The number of anilines is 1. The molecule has 1 aliphatic heterocycles. The Kier molecular flexibility index (Phi) is 10.7. The number of amides is 3. The third-order valence-corrected chi connectivity index (χ3v) is 8.70. The fourth-order valence-corrected chi connectivity index (χ4v) is 6.35. The van der Waals surface area contributed by atoms with Gasteiger partial charge in [0.1, 0.15) is 0 Å². The summed E-state index contributed by atoms with van der Waals surface area (Å²) in [7, 11) is 0. The summed E-state index contributed by atoms with van der Waals surface area (Å²) in [5, 5.41) is 2.98. The zero-order valence-corrected chi connectivity index (χ0v) is 27.6. The predicted octanol–water partition coefficient (Wildman–Crippen LogP) is 7.05. The Morgan fingerprint density at radius 2 is 1.53 bits per heavy atom. The van der Waals surface area contributed by atoms with Crippen molar-refractivity contribution in [2.75, 3.05) is 4.90 Å². The minimum absolute atomic E-state index is 0.138. The van der Waals surface area contributed by atoms with Crippen LogP contribution in [0, 0.1) is 24.7 Å². The molecule has 4 aromatic rings. The molecule has 1 heterocycles. The number of carbonyl (C=O) groups is 3. The molecule has 47 heavy (non-hydrogen) atoms. The SMILES string of the molecule is CCCC(C(N)=O)C(CC(C)C)C(=O)NC1N=C(c2ccccc2)c2ccccc2N(Cc2cccc(-c3ccc(C)cc3)c2)C1=O. The third-order valence-electron chi connectivity index (χ3n) is 8.70. The Labute approximate surface area is 277 Å². The maximum Gasteiger partial charge on any atom is 0.272 e. The Morgan fingerprint density at radius 1 is 0.851 bits per heavy atom. The van der Waals surface area contributed by atoms with E-state index < -0.39 is 29.8 Å². The molecule has 0 aliphatic carbocycles. The van der Waals surface area contributed by atoms with E-state index in [2.05, 4.69) is 48.6 Å². The highest BCUT2D eigenvalue weighted by Crippen LogP contribution is 2.31. The first kappa shape index (κ1) is 33.3. The van der Waals surface area contributed by atoms with Gasteiger partial charge in [0, 0.05) is 23.0 Å². The number of nitrogens with one attached hydrogen (secondary N) is 1. The smallest absolute Gasteiger partial charge is 0.272 e. The van der Waals surface area contributed by atoms with Crippen LogP contribution >= 0.6 is 0 Å². The number of fused-ring (bicyclic) bond motifs is 1. The first-order chi connectivity index (χ1) is 22.7. The number of primary amides is 1. The molecule has 0 saturated carbocycles. The highest BCUT2D eigenvalue weighted by atomic mass is 16.2. The second-order valence-corrected chi connectivity index (χ2v) is 12.8. The lowest BCUT2D eigenvalue weighted by molar-refractivity contribution is -0.136. The quantitative estimate of drug-likeness (QED) is 0.176. The number of nitrogens with two attached hydrogens (primary N) is 1. The van der Waals surface area contributed by atoms with Crippen molar-refractivity contribution < 1.29 is 14.4 Å². The van der Waals surface area contributed by atoms with Crippen molar-refractivity contribution in [3.8, 4) is 11.1 Å². The number of benzodiazepines with no additional fused rings is 1. The van der Waals surface area contributed by atoms with Gasteiger partial charge in [-0.3, -0.25) is 14.4 Å². The van der Waals surface area contributed by atoms with Crippen LogP contribution in [-0.2, 0) is 20.9 Å². The Balaban J connectivity index is 1.57. The first-order valence-electron chi connectivity index (χ1n) is 16.5. The fraction of sp³-hybridized carbons (Fsp3) is 0.300. The summed E-state index contributed by atoms with van der Waals surface area (Å²) in [4.78, 5) is 47.9. The normalized spacial score (nSPS) is 15.8. The van der Waals surface area contributed by atoms with Gasteiger partial charge in [-0.1, -0.05) is 124 Å². The molecule has 3 amide bonds. The molecule has 0 spiro atoms. The van der Waals surface area contributed by atoms with Crippen LogP contribution in [0.4, 0.5) is 5.69 Å². The van der Waals surface area contributed by atoms with Gasteiger partial charge in [0.05, 0.1) is 17.9 Å². The van der Waals surface area contributed by atoms with Crippen LogP contribution in [0.2, 0.25) is 0 Å². The van der Waals surface area contributed by atoms with Crippen LogP contribution in [0.25, 0.3) is 11.1 Å². The molecule has 5 rings (SSSR count). The number of rotatable bonds is 12. The molecule has 0 aromatic heterocycles. The molecule has 1 aliphatic rings. The summed E-state index contributed by atoms with van der Waals surface area (Å²) < 4.78 is 0. The van der Waals surface area contributed by atoms with Gasteiger partial charge in [0.25, 0.3) is 5.91 Å². The summed E-state index contributed by atoms with van der Waals surface area (Å²) in [5.41, 5.74) is 13.0. The summed E-state index contributed by atoms with van der Waals surface area (Å²) in [6.45, 7) is 8.32. The number of aryl methyl sites for hydroxylation is 1. The number of benzene rings is 4. The standard InChI is InChI=1S/C40H44N4O3/c1-5-12-32(37(41)45)34(23-26(2)3)39(46)43-38-40(47)44(25-28-13-11-16-31(24-28)29-21-19-27(4)20-22-29)35-18-10-9-17-33(35)36(42-38)30-14-7-6-8-15-30/h6-11,13-22,24,26,32,34,38H,5,12,23,25H2,1-4H3,(H2,41,45)(H,43,46). The van der Waals surface area contributed by atoms with Gasteiger partial charge in [-0.15, -0.1) is 0 Å². The molecule has 7 heteroatoms. The molecule has 4 aromatic carbocycles. The number of carbonyl (C=O) groups excluding carboxylic acids is 3. The molecule has 0 fully saturated rings. The van der Waals surface area contributed by atoms with E-state index >= 15 is 0 Å². The lowest BCUT2D eigenvalue weighted by Crippen LogP contribution is -2.50. The van der Waals surface area contributed by atoms with Crippen molar-refractivity contribution in [2.45, 2.75) is 59.7 Å². The third kappa shape index (κ3) is 7.86. The second kappa shape index (κ2) is 15.0. The zero-order valence-electron chi connectivity index (χ0n) is 27.6. The minimum Gasteiger partial charge on any atom is -0.369 e. The molecule has 3 unspecified atom stereocenters. The van der Waals surface area contributed by atoms with Crippen molar-refractivity contribution in [1.29, 1.82) is 0 Å². The van der Waals surface area contributed by atoms with Crippen molar-refractivity contribution in [3.63, 3.8) is 0 Å². The maximum atomic E-state index is 14.6. The van der Waals surface area contributed by atoms with Gasteiger partial charge in [0.2, 0.25) is 18.0 Å². The fourth-order valence-electron chi connectivity index (χ4n) is 6.35. The topological polar surface area (TPSA) is 105 Å². The van der Waals surface area contributed by atoms with E-state index in [0.717, 1.165) is 27.8 Å². The monoisotopic (exact) mass is 628 g/mol. The lowest BCUT2D eigenvalue weighted by atomic mass is 9.81. The molecule has 0 bridgehead atoms. The van der Waals surface area contributed by atoms with E-state index in [1.54, 1.807) is 4.90 Å². The molecule has 0 radical (unpaired) electrons. The van der Waals surface area contributed by atoms with Gasteiger partial charge in [0.15, 0.2) is 0 Å². The molecular formula is C40H44N4O3. The van der Waals surface area contributed by atoms with Gasteiger partial charge < -0.3 is 16.0 Å². The number of hydrogen-bond acceptors (Lipinski definition) is 4. The molecule has 3 N–H and O–H groups in total. The summed E-state index contributed by atoms with van der Waals surface area (Å²) in [6.07, 6.45) is 0.450. The van der Waals surface area contributed by atoms with Crippen LogP contribution in [0.5, 0.6) is 0 Å². The van der Waals surface area contributed by atoms with Gasteiger partial charge in [-0.2, -0.15) is 0 Å². The average molecular weight is 629 g/mol. The average Bonchev–Trinajstić information content (AvgIpc) is 3.17. The maximum absolute atomic E-state index is 14.6. The predicted molar refractivity (Wildman–Crippen MR) is 189 cm³/mol. The second-order valence-electron chi connectivity index (χ2n) is 12.8. The van der Waals surface area contributed by atoms with Crippen molar-refractivity contribution in [1.82, 2.24) is 5.32 Å². The van der Waals surface area contributed by atoms with Gasteiger partial charge in [-0.05, 0) is 54.5 Å². The van der Waals surface area contributed by atoms with Crippen LogP contribution in [0.3, 0.4) is 0 Å². The number of aliphatic imine (C=N–C) groups is 1. The van der Waals surface area contributed by atoms with Crippen molar-refractivity contribution in [3.05, 3.63) is 125 Å². The Hall–Kier alpha value is -5.04. The van der Waals surface area contributed by atoms with E-state index in [9.17, 15) is 14.4 Å². The summed E-state index contributed by atoms with van der Waals surface area (Å²) in [5.74, 6) is -2.43. The molecule has 0 saturated heterocycles. The van der Waals surface area contributed by atoms with Gasteiger partial charge >= 0.3 is 0 Å². The van der Waals surface area contributed by atoms with Crippen molar-refractivity contribution in [2.24, 2.45) is 28.5 Å². The van der Waals surface area contributed by atoms with E-state index in [0.29, 0.717) is 30.7 Å². The van der Waals surface area contributed by atoms with E-state index in [1.165, 1.54) is 5.56 Å². The molecule has 7 nitrogen and oxygen atoms in total. The molecule has 3 atom stereocenters. The van der Waals surface area contributed by atoms with Crippen LogP contribution in [0.15, 0.2) is 108 Å². The number of nitrogens with zero attached hydrogens (tertiary/aromatic N) is 2. The Morgan fingerprint density at radius 3 is 2.21 bits per heavy atom. The van der Waals surface area contributed by atoms with E-state index in [-0.39, 0.29) is 18.4 Å². The highest BCUT2D eigenvalue weighted by Gasteiger charge is 2.37. The zero-order chi connectivity index (χ0) is 33.5. The number of hydrogen-bond donors (Lipinski definition) is 2. The molecular weight excluding hydrogens is 584 g/mol. The van der Waals surface area contributed by atoms with Crippen LogP contribution in [-0.4, -0.2) is 29.6 Å². The minimum atomic E-state index is -1.21. The summed E-state index contributed by atoms with van der Waals surface area (Å²) in [6, 6.07) is 33.9. The highest BCUT2D eigenvalue weighted by molar-refractivity contribution is 6.20.